The van der Waals surface area contributed by atoms with Crippen molar-refractivity contribution in [2.75, 3.05) is 58.3 Å². The van der Waals surface area contributed by atoms with Gasteiger partial charge >= 0.3 is 11.9 Å². The lowest BCUT2D eigenvalue weighted by molar-refractivity contribution is -0.886. The van der Waals surface area contributed by atoms with E-state index in [-0.39, 0.29) is 37.5 Å². The van der Waals surface area contributed by atoms with Gasteiger partial charge in [-0.3, -0.25) is 14.4 Å². The summed E-state index contributed by atoms with van der Waals surface area (Å²) >= 11 is 3.35. The van der Waals surface area contributed by atoms with Gasteiger partial charge in [-0.05, 0) is 62.6 Å². The average Bonchev–Trinajstić information content (AvgIpc) is 2.81. The molecule has 2 aromatic carbocycles. The summed E-state index contributed by atoms with van der Waals surface area (Å²) in [6.45, 7) is 2.17. The summed E-state index contributed by atoms with van der Waals surface area (Å²) < 4.78 is 10.4. The normalized spacial score (nSPS) is 10.8. The van der Waals surface area contributed by atoms with Crippen molar-refractivity contribution < 1.29 is 28.8 Å². The maximum absolute atomic E-state index is 11.5. The van der Waals surface area contributed by atoms with E-state index in [1.165, 1.54) is 0 Å². The van der Waals surface area contributed by atoms with Crippen molar-refractivity contribution >= 4 is 41.4 Å². The number of esters is 2. The van der Waals surface area contributed by atoms with Crippen LogP contribution in [0, 0.1) is 0 Å². The molecule has 2 rings (SSSR count). The van der Waals surface area contributed by atoms with Gasteiger partial charge in [0, 0.05) is 21.3 Å². The largest absolute Gasteiger partial charge is 0.426 e. The van der Waals surface area contributed by atoms with Gasteiger partial charge in [0.05, 0.1) is 26.2 Å². The third-order valence-corrected chi connectivity index (χ3v) is 6.65. The molecule has 0 saturated heterocycles. The molecular formula is C24H33N4O5S2+. The standard InChI is InChI=1S/C24H32N4O5S2/c1-26-15-23(30)32-18-3-7-20(8-4-18)34-13-11-28(17-22(25)29)12-14-35-21-9-5-19(6-10-21)33-24(31)16-27-2/h3-10,26-27H,11-17H2,1-2H3,(H2,25,29)/p+1. The Bertz CT molecular complexity index is 872. The highest BCUT2D eigenvalue weighted by atomic mass is 32.2. The molecule has 0 radical (unpaired) electrons. The van der Waals surface area contributed by atoms with Crippen LogP contribution in [0.2, 0.25) is 0 Å². The summed E-state index contributed by atoms with van der Waals surface area (Å²) in [5.74, 6) is 1.67. The minimum absolute atomic E-state index is 0.158. The van der Waals surface area contributed by atoms with E-state index in [4.69, 9.17) is 15.2 Å². The Labute approximate surface area is 214 Å². The van der Waals surface area contributed by atoms with Crippen LogP contribution in [0.5, 0.6) is 11.5 Å². The maximum atomic E-state index is 11.5. The Kier molecular flexibility index (Phi) is 13.2. The van der Waals surface area contributed by atoms with Gasteiger partial charge < -0.3 is 30.7 Å². The molecular weight excluding hydrogens is 488 g/mol. The number of carbonyl (C=O) groups excluding carboxylic acids is 3. The van der Waals surface area contributed by atoms with E-state index in [1.807, 2.05) is 24.3 Å². The predicted octanol–water partition coefficient (Wildman–Crippen LogP) is 0.191. The molecule has 0 unspecified atom stereocenters. The van der Waals surface area contributed by atoms with Crippen LogP contribution in [0.1, 0.15) is 0 Å². The van der Waals surface area contributed by atoms with Crippen molar-refractivity contribution in [2.24, 2.45) is 5.73 Å². The fourth-order valence-electron chi connectivity index (χ4n) is 3.01. The Morgan fingerprint density at radius 3 is 1.51 bits per heavy atom. The van der Waals surface area contributed by atoms with Crippen molar-refractivity contribution in [3.63, 3.8) is 0 Å². The minimum atomic E-state index is -0.333. The Morgan fingerprint density at radius 2 is 1.17 bits per heavy atom. The first-order valence-electron chi connectivity index (χ1n) is 11.2. The highest BCUT2D eigenvalue weighted by molar-refractivity contribution is 7.99. The maximum Gasteiger partial charge on any atom is 0.325 e. The number of amides is 1. The molecule has 0 fully saturated rings. The van der Waals surface area contributed by atoms with Crippen molar-refractivity contribution in [1.82, 2.24) is 10.6 Å². The Morgan fingerprint density at radius 1 is 0.771 bits per heavy atom. The quantitative estimate of drug-likeness (QED) is 0.139. The van der Waals surface area contributed by atoms with E-state index in [1.54, 1.807) is 61.9 Å². The SMILES string of the molecule is CNCC(=O)Oc1ccc(SCC[NH+](CCSc2ccc(OC(=O)CNC)cc2)CC(N)=O)cc1. The number of carbonyl (C=O) groups is 3. The first-order chi connectivity index (χ1) is 16.9. The Balaban J connectivity index is 1.76. The van der Waals surface area contributed by atoms with Crippen LogP contribution < -0.4 is 30.7 Å². The number of benzene rings is 2. The molecule has 0 heterocycles. The van der Waals surface area contributed by atoms with Crippen LogP contribution in [0.4, 0.5) is 0 Å². The van der Waals surface area contributed by atoms with Crippen LogP contribution in [0.15, 0.2) is 58.3 Å². The zero-order valence-corrected chi connectivity index (χ0v) is 21.6. The fourth-order valence-corrected chi connectivity index (χ4v) is 4.92. The van der Waals surface area contributed by atoms with E-state index >= 15 is 0 Å². The van der Waals surface area contributed by atoms with Crippen LogP contribution in [0.3, 0.4) is 0 Å². The zero-order chi connectivity index (χ0) is 25.5. The van der Waals surface area contributed by atoms with Crippen LogP contribution in [0.25, 0.3) is 0 Å². The lowest BCUT2D eigenvalue weighted by Gasteiger charge is -2.17. The van der Waals surface area contributed by atoms with Crippen molar-refractivity contribution in [3.05, 3.63) is 48.5 Å². The van der Waals surface area contributed by atoms with E-state index in [0.717, 1.165) is 39.3 Å². The number of hydrogen-bond donors (Lipinski definition) is 4. The predicted molar refractivity (Wildman–Crippen MR) is 138 cm³/mol. The lowest BCUT2D eigenvalue weighted by atomic mass is 10.3. The molecule has 0 aliphatic carbocycles. The second kappa shape index (κ2) is 16.2. The lowest BCUT2D eigenvalue weighted by Crippen LogP contribution is -3.14. The minimum Gasteiger partial charge on any atom is -0.426 e. The average molecular weight is 522 g/mol. The first kappa shape index (κ1) is 28.7. The first-order valence-corrected chi connectivity index (χ1v) is 13.1. The van der Waals surface area contributed by atoms with Crippen LogP contribution in [-0.4, -0.2) is 76.2 Å². The van der Waals surface area contributed by atoms with Gasteiger partial charge in [0.2, 0.25) is 0 Å². The number of rotatable bonds is 16. The topological polar surface area (TPSA) is 124 Å². The number of ether oxygens (including phenoxy) is 2. The number of nitrogens with one attached hydrogen (secondary N) is 3. The zero-order valence-electron chi connectivity index (χ0n) is 20.0. The number of thioether (sulfide) groups is 2. The molecule has 0 atom stereocenters. The molecule has 0 aromatic heterocycles. The van der Waals surface area contributed by atoms with Gasteiger partial charge in [-0.15, -0.1) is 23.5 Å². The van der Waals surface area contributed by atoms with Gasteiger partial charge in [0.25, 0.3) is 5.91 Å². The summed E-state index contributed by atoms with van der Waals surface area (Å²) in [4.78, 5) is 37.8. The molecule has 1 amide bonds. The molecule has 35 heavy (non-hydrogen) atoms. The molecule has 11 heteroatoms. The molecule has 5 N–H and O–H groups in total. The van der Waals surface area contributed by atoms with E-state index in [9.17, 15) is 14.4 Å². The summed E-state index contributed by atoms with van der Waals surface area (Å²) in [5.41, 5.74) is 5.45. The van der Waals surface area contributed by atoms with Gasteiger partial charge in [-0.1, -0.05) is 0 Å². The number of quaternary nitrogens is 1. The number of primary amides is 1. The highest BCUT2D eigenvalue weighted by Gasteiger charge is 2.13. The molecule has 9 nitrogen and oxygen atoms in total. The van der Waals surface area contributed by atoms with Crippen molar-refractivity contribution in [1.29, 1.82) is 0 Å². The molecule has 0 aliphatic rings. The van der Waals surface area contributed by atoms with E-state index in [0.29, 0.717) is 11.5 Å². The van der Waals surface area contributed by atoms with E-state index in [2.05, 4.69) is 10.6 Å². The fraction of sp³-hybridized carbons (Fsp3) is 0.375. The second-order valence-corrected chi connectivity index (χ2v) is 9.88. The highest BCUT2D eigenvalue weighted by Crippen LogP contribution is 2.22. The third kappa shape index (κ3) is 12.1. The van der Waals surface area contributed by atoms with Gasteiger partial charge in [0.15, 0.2) is 6.54 Å². The van der Waals surface area contributed by atoms with Gasteiger partial charge in [-0.25, -0.2) is 0 Å². The van der Waals surface area contributed by atoms with Crippen molar-refractivity contribution in [2.45, 2.75) is 9.79 Å². The van der Waals surface area contributed by atoms with Crippen molar-refractivity contribution in [3.8, 4) is 11.5 Å². The van der Waals surface area contributed by atoms with Gasteiger partial charge in [0.1, 0.15) is 11.5 Å². The molecule has 2 aromatic rings. The summed E-state index contributed by atoms with van der Waals surface area (Å²) in [6.07, 6.45) is 0. The Hall–Kier alpha value is -2.57. The number of nitrogens with two attached hydrogens (primary N) is 1. The summed E-state index contributed by atoms with van der Waals surface area (Å²) in [6, 6.07) is 14.7. The molecule has 0 spiro atoms. The summed E-state index contributed by atoms with van der Waals surface area (Å²) in [5, 5.41) is 5.51. The smallest absolute Gasteiger partial charge is 0.325 e. The third-order valence-electron chi connectivity index (χ3n) is 4.63. The molecule has 0 aliphatic heterocycles. The van der Waals surface area contributed by atoms with Crippen LogP contribution in [-0.2, 0) is 14.4 Å². The molecule has 0 saturated carbocycles. The van der Waals surface area contributed by atoms with Crippen LogP contribution >= 0.6 is 23.5 Å². The second-order valence-electron chi connectivity index (χ2n) is 7.54. The molecule has 190 valence electrons. The van der Waals surface area contributed by atoms with E-state index < -0.39 is 0 Å². The monoisotopic (exact) mass is 521 g/mol. The van der Waals surface area contributed by atoms with Gasteiger partial charge in [-0.2, -0.15) is 0 Å². The molecule has 0 bridgehead atoms. The number of hydrogen-bond acceptors (Lipinski definition) is 9. The number of likely N-dealkylation sites (N-methyl/N-ethyl adjacent to an activating group) is 2. The summed E-state index contributed by atoms with van der Waals surface area (Å²) in [7, 11) is 3.38.